The molecule has 0 unspecified atom stereocenters. The van der Waals surface area contributed by atoms with E-state index in [0.717, 1.165) is 18.7 Å². The lowest BCUT2D eigenvalue weighted by Crippen LogP contribution is -1.81. The van der Waals surface area contributed by atoms with Crippen LogP contribution in [0.5, 0.6) is 0 Å². The Morgan fingerprint density at radius 2 is 2.67 bits per heavy atom. The second-order valence-corrected chi connectivity index (χ2v) is 4.12. The molecule has 0 bridgehead atoms. The fourth-order valence-electron chi connectivity index (χ4n) is 0.562. The third-order valence-corrected chi connectivity index (χ3v) is 3.27. The van der Waals surface area contributed by atoms with Gasteiger partial charge >= 0.3 is 0 Å². The molecule has 0 saturated heterocycles. The fourth-order valence-corrected chi connectivity index (χ4v) is 2.44. The molecule has 0 aromatic carbocycles. The Labute approximate surface area is 64.7 Å². The smallest absolute Gasteiger partial charge is 0.124 e. The Kier molecular flexibility index (Phi) is 3.51. The van der Waals surface area contributed by atoms with E-state index in [1.165, 1.54) is 10.1 Å². The van der Waals surface area contributed by atoms with Crippen LogP contribution < -0.4 is 0 Å². The Balaban J connectivity index is 2.11. The van der Waals surface area contributed by atoms with Gasteiger partial charge in [0.1, 0.15) is 4.38 Å². The molecule has 1 nitrogen and oxygen atoms in total. The van der Waals surface area contributed by atoms with Crippen LogP contribution in [0.3, 0.4) is 0 Å². The first-order valence-corrected chi connectivity index (χ1v) is 5.00. The Bertz CT molecular complexity index is 112. The van der Waals surface area contributed by atoms with Crippen LogP contribution in [0.4, 0.5) is 0 Å². The van der Waals surface area contributed by atoms with Gasteiger partial charge in [-0.05, 0) is 12.2 Å². The molecule has 0 N–H and O–H groups in total. The summed E-state index contributed by atoms with van der Waals surface area (Å²) in [4.78, 5) is 4.29. The van der Waals surface area contributed by atoms with Crippen molar-refractivity contribution >= 4 is 27.9 Å². The van der Waals surface area contributed by atoms with Gasteiger partial charge < -0.3 is 0 Å². The zero-order chi connectivity index (χ0) is 6.53. The van der Waals surface area contributed by atoms with E-state index in [-0.39, 0.29) is 0 Å². The SMILES string of the molecule is [CH2]CCSC1=NCCS1. The van der Waals surface area contributed by atoms with E-state index < -0.39 is 0 Å². The first kappa shape index (κ1) is 7.48. The van der Waals surface area contributed by atoms with E-state index in [2.05, 4.69) is 11.9 Å². The highest BCUT2D eigenvalue weighted by Crippen LogP contribution is 2.21. The summed E-state index contributed by atoms with van der Waals surface area (Å²) in [6, 6.07) is 0. The van der Waals surface area contributed by atoms with Crippen LogP contribution in [0.2, 0.25) is 0 Å². The first-order chi connectivity index (χ1) is 4.43. The lowest BCUT2D eigenvalue weighted by Gasteiger charge is -1.93. The minimum Gasteiger partial charge on any atom is -0.271 e. The van der Waals surface area contributed by atoms with Gasteiger partial charge in [-0.1, -0.05) is 30.4 Å². The van der Waals surface area contributed by atoms with Gasteiger partial charge in [0.15, 0.2) is 0 Å². The largest absolute Gasteiger partial charge is 0.271 e. The summed E-state index contributed by atoms with van der Waals surface area (Å²) in [6.07, 6.45) is 1.00. The second-order valence-electron chi connectivity index (χ2n) is 1.70. The lowest BCUT2D eigenvalue weighted by molar-refractivity contribution is 1.18. The molecule has 1 rings (SSSR count). The molecule has 1 aliphatic rings. The van der Waals surface area contributed by atoms with Crippen LogP contribution in [0, 0.1) is 6.92 Å². The molecule has 9 heavy (non-hydrogen) atoms. The quantitative estimate of drug-likeness (QED) is 0.613. The van der Waals surface area contributed by atoms with E-state index in [0.29, 0.717) is 0 Å². The Hall–Kier alpha value is 0.370. The first-order valence-electron chi connectivity index (χ1n) is 3.03. The summed E-state index contributed by atoms with van der Waals surface area (Å²) in [6.45, 7) is 4.78. The van der Waals surface area contributed by atoms with E-state index in [1.54, 1.807) is 0 Å². The highest BCUT2D eigenvalue weighted by atomic mass is 32.2. The molecule has 3 heteroatoms. The van der Waals surface area contributed by atoms with Gasteiger partial charge in [0.05, 0.1) is 6.54 Å². The second kappa shape index (κ2) is 4.23. The normalized spacial score (nSPS) is 18.1. The number of rotatable bonds is 2. The van der Waals surface area contributed by atoms with Crippen molar-refractivity contribution in [1.29, 1.82) is 0 Å². The maximum Gasteiger partial charge on any atom is 0.124 e. The monoisotopic (exact) mass is 160 g/mol. The predicted molar refractivity (Wildman–Crippen MR) is 47.2 cm³/mol. The van der Waals surface area contributed by atoms with Gasteiger partial charge in [-0.15, -0.1) is 0 Å². The average molecular weight is 160 g/mol. The van der Waals surface area contributed by atoms with Crippen LogP contribution in [-0.4, -0.2) is 22.4 Å². The van der Waals surface area contributed by atoms with Crippen molar-refractivity contribution in [2.45, 2.75) is 6.42 Å². The highest BCUT2D eigenvalue weighted by molar-refractivity contribution is 8.39. The number of hydrogen-bond acceptors (Lipinski definition) is 3. The summed E-state index contributed by atoms with van der Waals surface area (Å²) in [5.41, 5.74) is 0. The van der Waals surface area contributed by atoms with Crippen molar-refractivity contribution in [3.63, 3.8) is 0 Å². The summed E-state index contributed by atoms with van der Waals surface area (Å²) in [7, 11) is 0. The van der Waals surface area contributed by atoms with E-state index >= 15 is 0 Å². The number of hydrogen-bond donors (Lipinski definition) is 0. The summed E-state index contributed by atoms with van der Waals surface area (Å²) >= 11 is 3.70. The minimum absolute atomic E-state index is 1.00. The standard InChI is InChI=1S/C6H10NS2/c1-2-4-8-6-7-3-5-9-6/h1-5H2. The molecule has 0 atom stereocenters. The molecule has 0 fully saturated rings. The predicted octanol–water partition coefficient (Wildman–Crippen LogP) is 2.05. The number of aliphatic imine (C=N–C) groups is 1. The number of thioether (sulfide) groups is 2. The van der Waals surface area contributed by atoms with E-state index in [1.807, 2.05) is 23.5 Å². The molecule has 1 heterocycles. The molecule has 0 amide bonds. The third-order valence-electron chi connectivity index (χ3n) is 0.928. The highest BCUT2D eigenvalue weighted by Gasteiger charge is 2.05. The zero-order valence-electron chi connectivity index (χ0n) is 5.30. The molecule has 51 valence electrons. The van der Waals surface area contributed by atoms with Gasteiger partial charge in [-0.2, -0.15) is 0 Å². The molecule has 0 aliphatic carbocycles. The number of nitrogens with zero attached hydrogens (tertiary/aromatic N) is 1. The Morgan fingerprint density at radius 1 is 1.78 bits per heavy atom. The molecule has 1 aliphatic heterocycles. The third kappa shape index (κ3) is 2.63. The maximum atomic E-state index is 4.29. The summed E-state index contributed by atoms with van der Waals surface area (Å²) in [5, 5.41) is 0. The summed E-state index contributed by atoms with van der Waals surface area (Å²) < 4.78 is 1.26. The van der Waals surface area contributed by atoms with Crippen LogP contribution in [0.15, 0.2) is 4.99 Å². The van der Waals surface area contributed by atoms with Gasteiger partial charge in [0, 0.05) is 5.75 Å². The fraction of sp³-hybridized carbons (Fsp3) is 0.667. The topological polar surface area (TPSA) is 12.4 Å². The van der Waals surface area contributed by atoms with Crippen LogP contribution in [0.25, 0.3) is 0 Å². The van der Waals surface area contributed by atoms with Crippen molar-refractivity contribution in [2.24, 2.45) is 4.99 Å². The Morgan fingerprint density at radius 3 is 3.22 bits per heavy atom. The van der Waals surface area contributed by atoms with Crippen molar-refractivity contribution in [3.8, 4) is 0 Å². The van der Waals surface area contributed by atoms with Crippen molar-refractivity contribution < 1.29 is 0 Å². The van der Waals surface area contributed by atoms with Crippen LogP contribution >= 0.6 is 23.5 Å². The molecule has 0 aromatic heterocycles. The van der Waals surface area contributed by atoms with Gasteiger partial charge in [-0.25, -0.2) is 0 Å². The van der Waals surface area contributed by atoms with Gasteiger partial charge in [0.2, 0.25) is 0 Å². The van der Waals surface area contributed by atoms with Gasteiger partial charge in [-0.3, -0.25) is 4.99 Å². The minimum atomic E-state index is 1.00. The molecule has 0 aromatic rings. The molecule has 0 saturated carbocycles. The van der Waals surface area contributed by atoms with E-state index in [4.69, 9.17) is 0 Å². The van der Waals surface area contributed by atoms with Crippen molar-refractivity contribution in [2.75, 3.05) is 18.1 Å². The maximum absolute atomic E-state index is 4.29. The molecule has 0 spiro atoms. The van der Waals surface area contributed by atoms with Gasteiger partial charge in [0.25, 0.3) is 0 Å². The lowest BCUT2D eigenvalue weighted by atomic mass is 10.6. The molecular weight excluding hydrogens is 150 g/mol. The van der Waals surface area contributed by atoms with E-state index in [9.17, 15) is 0 Å². The molecular formula is C6H10NS2. The van der Waals surface area contributed by atoms with Crippen LogP contribution in [-0.2, 0) is 0 Å². The van der Waals surface area contributed by atoms with Crippen LogP contribution in [0.1, 0.15) is 6.42 Å². The zero-order valence-corrected chi connectivity index (χ0v) is 6.93. The average Bonchev–Trinajstić information content (AvgIpc) is 2.34. The summed E-state index contributed by atoms with van der Waals surface area (Å²) in [5.74, 6) is 2.30. The van der Waals surface area contributed by atoms with Crippen molar-refractivity contribution in [3.05, 3.63) is 6.92 Å². The molecule has 1 radical (unpaired) electrons. The van der Waals surface area contributed by atoms with Crippen molar-refractivity contribution in [1.82, 2.24) is 0 Å².